The van der Waals surface area contributed by atoms with Crippen molar-refractivity contribution < 1.29 is 19.7 Å². The van der Waals surface area contributed by atoms with Gasteiger partial charge < -0.3 is 29.7 Å². The number of rotatable bonds is 0. The van der Waals surface area contributed by atoms with E-state index >= 15 is 0 Å². The summed E-state index contributed by atoms with van der Waals surface area (Å²) in [7, 11) is 0. The number of hydrogen-bond acceptors (Lipinski definition) is 9. The Kier molecular flexibility index (Phi) is 5.50. The van der Waals surface area contributed by atoms with Gasteiger partial charge in [0.15, 0.2) is 5.88 Å². The van der Waals surface area contributed by atoms with Crippen LogP contribution in [-0.4, -0.2) is 105 Å². The minimum atomic E-state index is -0.522. The van der Waals surface area contributed by atoms with Crippen LogP contribution in [0.3, 0.4) is 0 Å². The van der Waals surface area contributed by atoms with E-state index in [0.717, 1.165) is 0 Å². The van der Waals surface area contributed by atoms with Crippen molar-refractivity contribution >= 4 is 34.7 Å². The van der Waals surface area contributed by atoms with Crippen LogP contribution in [0.4, 0.5) is 11.5 Å². The molecule has 2 fully saturated rings. The van der Waals surface area contributed by atoms with E-state index in [4.69, 9.17) is 4.74 Å². The number of ether oxygens (including phenoxy) is 1. The molecule has 1 amide bonds. The van der Waals surface area contributed by atoms with Crippen molar-refractivity contribution in [2.24, 2.45) is 4.99 Å². The van der Waals surface area contributed by atoms with Gasteiger partial charge in [0.1, 0.15) is 30.1 Å². The van der Waals surface area contributed by atoms with Crippen molar-refractivity contribution in [1.29, 1.82) is 0 Å². The molecule has 11 heteroatoms. The number of piperazine rings is 1. The lowest BCUT2D eigenvalue weighted by molar-refractivity contribution is -0.136. The summed E-state index contributed by atoms with van der Waals surface area (Å²) < 4.78 is 5.95. The molecule has 11 nitrogen and oxygen atoms in total. The molecular weight excluding hydrogens is 450 g/mol. The van der Waals surface area contributed by atoms with Gasteiger partial charge in [-0.2, -0.15) is 0 Å². The van der Waals surface area contributed by atoms with Crippen LogP contribution < -0.4 is 9.64 Å². The predicted molar refractivity (Wildman–Crippen MR) is 130 cm³/mol. The van der Waals surface area contributed by atoms with Gasteiger partial charge in [-0.25, -0.2) is 9.97 Å². The van der Waals surface area contributed by atoms with Crippen LogP contribution in [0.25, 0.3) is 11.0 Å². The van der Waals surface area contributed by atoms with Gasteiger partial charge in [0, 0.05) is 51.5 Å². The number of aliphatic hydroxyl groups is 1. The molecule has 182 valence electrons. The molecule has 4 bridgehead atoms. The van der Waals surface area contributed by atoms with Crippen LogP contribution in [-0.2, 0) is 4.79 Å². The molecule has 3 aromatic rings. The summed E-state index contributed by atoms with van der Waals surface area (Å²) in [5.74, 6) is 1.37. The Labute approximate surface area is 201 Å². The summed E-state index contributed by atoms with van der Waals surface area (Å²) in [5, 5.41) is 21.6. The van der Waals surface area contributed by atoms with Crippen molar-refractivity contribution in [1.82, 2.24) is 24.8 Å². The SMILES string of the molecule is O=C1[C@H]2C[C@@H](O)CN2CCOc2cccc(c2)N=Cc2c(O)[nH]c3ncnc(c23)N2CCN1CC2. The smallest absolute Gasteiger partial charge is 0.240 e. The molecule has 7 rings (SSSR count). The number of nitrogens with zero attached hydrogens (tertiary/aromatic N) is 6. The van der Waals surface area contributed by atoms with Crippen LogP contribution in [0.15, 0.2) is 35.6 Å². The number of aromatic hydroxyl groups is 1. The minimum absolute atomic E-state index is 0.0268. The largest absolute Gasteiger partial charge is 0.494 e. The normalized spacial score (nSPS) is 23.3. The van der Waals surface area contributed by atoms with E-state index in [2.05, 4.69) is 24.8 Å². The van der Waals surface area contributed by atoms with Crippen LogP contribution in [0.1, 0.15) is 12.0 Å². The Hall–Kier alpha value is -3.70. The van der Waals surface area contributed by atoms with E-state index in [-0.39, 0.29) is 17.8 Å². The number of amides is 1. The quantitative estimate of drug-likeness (QED) is 0.435. The predicted octanol–water partition coefficient (Wildman–Crippen LogP) is 0.890. The lowest BCUT2D eigenvalue weighted by atomic mass is 10.1. The summed E-state index contributed by atoms with van der Waals surface area (Å²) in [4.78, 5) is 35.7. The zero-order valence-corrected chi connectivity index (χ0v) is 19.2. The number of hydrogen-bond donors (Lipinski definition) is 3. The second kappa shape index (κ2) is 8.82. The fourth-order valence-corrected chi connectivity index (χ4v) is 5.19. The Balaban J connectivity index is 1.40. The van der Waals surface area contributed by atoms with Gasteiger partial charge in [-0.3, -0.25) is 14.7 Å². The van der Waals surface area contributed by atoms with Gasteiger partial charge in [0.05, 0.1) is 28.8 Å². The lowest BCUT2D eigenvalue weighted by Crippen LogP contribution is -2.54. The first-order valence-electron chi connectivity index (χ1n) is 11.9. The third-order valence-corrected chi connectivity index (χ3v) is 6.95. The van der Waals surface area contributed by atoms with E-state index in [1.165, 1.54) is 6.33 Å². The second-order valence-electron chi connectivity index (χ2n) is 9.12. The van der Waals surface area contributed by atoms with Crippen LogP contribution in [0.2, 0.25) is 0 Å². The zero-order chi connectivity index (χ0) is 23.9. The number of nitrogens with one attached hydrogen (secondary N) is 1. The van der Waals surface area contributed by atoms with Crippen LogP contribution >= 0.6 is 0 Å². The fourth-order valence-electron chi connectivity index (χ4n) is 5.19. The minimum Gasteiger partial charge on any atom is -0.494 e. The van der Waals surface area contributed by atoms with Crippen molar-refractivity contribution in [3.8, 4) is 11.6 Å². The molecule has 0 spiro atoms. The van der Waals surface area contributed by atoms with Crippen LogP contribution in [0.5, 0.6) is 11.6 Å². The van der Waals surface area contributed by atoms with E-state index in [1.54, 1.807) is 6.21 Å². The molecule has 2 saturated heterocycles. The maximum absolute atomic E-state index is 13.4. The standard InChI is InChI=1S/C24H27N7O4/c32-16-11-19-24(34)30-6-4-29(5-7-30)22-20-18(23(33)28-21(20)26-14-27-22)12-25-15-2-1-3-17(10-15)35-9-8-31(19)13-16/h1-3,10,12,14,16,19,32-33H,4-9,11,13H2,(H,26,27,28)/t16-,19-/m1/s1. The maximum atomic E-state index is 13.4. The van der Waals surface area contributed by atoms with Gasteiger partial charge in [-0.05, 0) is 18.6 Å². The summed E-state index contributed by atoms with van der Waals surface area (Å²) in [6.45, 7) is 3.68. The monoisotopic (exact) mass is 477 g/mol. The maximum Gasteiger partial charge on any atom is 0.240 e. The molecule has 2 atom stereocenters. The highest BCUT2D eigenvalue weighted by Crippen LogP contribution is 2.33. The van der Waals surface area contributed by atoms with E-state index in [1.807, 2.05) is 34.1 Å². The third kappa shape index (κ3) is 4.06. The summed E-state index contributed by atoms with van der Waals surface area (Å²) in [5.41, 5.74) is 1.71. The first-order valence-corrected chi connectivity index (χ1v) is 11.9. The molecule has 6 heterocycles. The Morgan fingerprint density at radius 1 is 1.09 bits per heavy atom. The van der Waals surface area contributed by atoms with Crippen molar-refractivity contribution in [3.63, 3.8) is 0 Å². The van der Waals surface area contributed by atoms with Gasteiger partial charge in [0.2, 0.25) is 5.91 Å². The van der Waals surface area contributed by atoms with Crippen LogP contribution in [0, 0.1) is 0 Å². The van der Waals surface area contributed by atoms with Crippen molar-refractivity contribution in [2.75, 3.05) is 50.8 Å². The summed E-state index contributed by atoms with van der Waals surface area (Å²) in [6.07, 6.45) is 2.99. The molecule has 0 saturated carbocycles. The van der Waals surface area contributed by atoms with Gasteiger partial charge in [0.25, 0.3) is 0 Å². The topological polar surface area (TPSA) is 130 Å². The molecule has 0 unspecified atom stereocenters. The van der Waals surface area contributed by atoms with Crippen molar-refractivity contribution in [2.45, 2.75) is 18.6 Å². The number of anilines is 1. The van der Waals surface area contributed by atoms with Gasteiger partial charge >= 0.3 is 0 Å². The number of aliphatic imine (C=N–C) groups is 1. The summed E-state index contributed by atoms with van der Waals surface area (Å²) >= 11 is 0. The number of aromatic amines is 1. The number of aliphatic hydroxyl groups excluding tert-OH is 1. The van der Waals surface area contributed by atoms with E-state index in [0.29, 0.717) is 86.1 Å². The van der Waals surface area contributed by atoms with Crippen molar-refractivity contribution in [3.05, 3.63) is 36.2 Å². The average molecular weight is 478 g/mol. The molecule has 0 radical (unpaired) electrons. The number of benzene rings is 1. The fraction of sp³-hybridized carbons (Fsp3) is 0.417. The van der Waals surface area contributed by atoms with Gasteiger partial charge in [-0.15, -0.1) is 0 Å². The molecule has 4 aliphatic rings. The average Bonchev–Trinajstić information content (AvgIpc) is 3.40. The number of carbonyl (C=O) groups excluding carboxylic acids is 1. The molecule has 1 aromatic carbocycles. The number of aromatic nitrogens is 3. The highest BCUT2D eigenvalue weighted by molar-refractivity contribution is 6.06. The molecular formula is C24H27N7O4. The zero-order valence-electron chi connectivity index (χ0n) is 19.2. The highest BCUT2D eigenvalue weighted by Gasteiger charge is 2.39. The molecule has 4 aliphatic heterocycles. The molecule has 35 heavy (non-hydrogen) atoms. The molecule has 2 aromatic heterocycles. The molecule has 3 N–H and O–H groups in total. The van der Waals surface area contributed by atoms with Gasteiger partial charge in [-0.1, -0.05) is 6.07 Å². The lowest BCUT2D eigenvalue weighted by Gasteiger charge is -2.38. The van der Waals surface area contributed by atoms with E-state index < -0.39 is 6.10 Å². The summed E-state index contributed by atoms with van der Waals surface area (Å²) in [6, 6.07) is 7.03. The number of fused-ring (bicyclic) bond motifs is 4. The Morgan fingerprint density at radius 2 is 1.91 bits per heavy atom. The van der Waals surface area contributed by atoms with E-state index in [9.17, 15) is 15.0 Å². The Morgan fingerprint density at radius 3 is 2.77 bits per heavy atom. The first kappa shape index (κ1) is 21.8. The number of carbonyl (C=O) groups is 1. The highest BCUT2D eigenvalue weighted by atomic mass is 16.5. The second-order valence-corrected chi connectivity index (χ2v) is 9.12. The number of H-pyrrole nitrogens is 1. The Bertz CT molecular complexity index is 1280. The third-order valence-electron chi connectivity index (χ3n) is 6.95. The first-order chi connectivity index (χ1) is 17.1. The molecule has 0 aliphatic carbocycles.